The van der Waals surface area contributed by atoms with Crippen LogP contribution in [0.3, 0.4) is 0 Å². The second-order valence-electron chi connectivity index (χ2n) is 3.92. The first-order valence-electron chi connectivity index (χ1n) is 5.43. The maximum Gasteiger partial charge on any atom is 0.0955 e. The van der Waals surface area contributed by atoms with Gasteiger partial charge in [-0.2, -0.15) is 5.26 Å². The summed E-state index contributed by atoms with van der Waals surface area (Å²) in [6.07, 6.45) is 6.78. The van der Waals surface area contributed by atoms with Crippen molar-refractivity contribution < 1.29 is 0 Å². The molecule has 0 aromatic carbocycles. The Morgan fingerprint density at radius 1 is 1.73 bits per heavy atom. The molecule has 0 saturated carbocycles. The SMILES string of the molecule is CCC(C#N)NC1CCc2ccncc21. The number of nitrogens with one attached hydrogen (secondary N) is 1. The highest BCUT2D eigenvalue weighted by molar-refractivity contribution is 5.31. The molecule has 1 aliphatic rings. The summed E-state index contributed by atoms with van der Waals surface area (Å²) in [6.45, 7) is 2.03. The van der Waals surface area contributed by atoms with Crippen molar-refractivity contribution in [3.63, 3.8) is 0 Å². The summed E-state index contributed by atoms with van der Waals surface area (Å²) in [5.74, 6) is 0. The van der Waals surface area contributed by atoms with Crippen LogP contribution in [0, 0.1) is 11.3 Å². The first-order chi connectivity index (χ1) is 7.35. The van der Waals surface area contributed by atoms with Gasteiger partial charge in [-0.3, -0.25) is 10.3 Å². The van der Waals surface area contributed by atoms with Gasteiger partial charge in [0.25, 0.3) is 0 Å². The predicted octanol–water partition coefficient (Wildman–Crippen LogP) is 1.96. The third-order valence-electron chi connectivity index (χ3n) is 2.99. The number of aryl methyl sites for hydroxylation is 1. The molecule has 3 nitrogen and oxygen atoms in total. The Labute approximate surface area is 90.1 Å². The first kappa shape index (κ1) is 10.1. The predicted molar refractivity (Wildman–Crippen MR) is 58.1 cm³/mol. The van der Waals surface area contributed by atoms with E-state index in [0.717, 1.165) is 19.3 Å². The van der Waals surface area contributed by atoms with Crippen LogP contribution in [0.2, 0.25) is 0 Å². The Hall–Kier alpha value is -1.40. The first-order valence-corrected chi connectivity index (χ1v) is 5.43. The molecule has 2 unspecified atom stereocenters. The fraction of sp³-hybridized carbons (Fsp3) is 0.500. The van der Waals surface area contributed by atoms with Gasteiger partial charge in [-0.05, 0) is 36.5 Å². The lowest BCUT2D eigenvalue weighted by Crippen LogP contribution is -2.30. The molecule has 1 aromatic rings. The van der Waals surface area contributed by atoms with Gasteiger partial charge < -0.3 is 0 Å². The van der Waals surface area contributed by atoms with Crippen LogP contribution in [-0.2, 0) is 6.42 Å². The molecule has 1 aliphatic carbocycles. The average molecular weight is 201 g/mol. The van der Waals surface area contributed by atoms with Crippen LogP contribution in [0.5, 0.6) is 0 Å². The number of nitriles is 1. The third-order valence-corrected chi connectivity index (χ3v) is 2.99. The van der Waals surface area contributed by atoms with Crippen LogP contribution in [-0.4, -0.2) is 11.0 Å². The van der Waals surface area contributed by atoms with Crippen molar-refractivity contribution in [2.75, 3.05) is 0 Å². The molecule has 0 fully saturated rings. The van der Waals surface area contributed by atoms with Crippen molar-refractivity contribution in [3.05, 3.63) is 29.6 Å². The molecule has 2 rings (SSSR count). The van der Waals surface area contributed by atoms with E-state index in [1.165, 1.54) is 11.1 Å². The highest BCUT2D eigenvalue weighted by Gasteiger charge is 2.23. The summed E-state index contributed by atoms with van der Waals surface area (Å²) in [5.41, 5.74) is 2.64. The number of nitrogens with zero attached hydrogens (tertiary/aromatic N) is 2. The number of hydrogen-bond acceptors (Lipinski definition) is 3. The number of fused-ring (bicyclic) bond motifs is 1. The monoisotopic (exact) mass is 201 g/mol. The van der Waals surface area contributed by atoms with E-state index in [1.807, 2.05) is 19.3 Å². The van der Waals surface area contributed by atoms with Gasteiger partial charge in [0.1, 0.15) is 0 Å². The lowest BCUT2D eigenvalue weighted by Gasteiger charge is -2.16. The summed E-state index contributed by atoms with van der Waals surface area (Å²) in [5, 5.41) is 12.3. The molecule has 1 heterocycles. The van der Waals surface area contributed by atoms with Crippen LogP contribution < -0.4 is 5.32 Å². The molecule has 0 amide bonds. The lowest BCUT2D eigenvalue weighted by molar-refractivity contribution is 0.477. The molecule has 0 aliphatic heterocycles. The van der Waals surface area contributed by atoms with Crippen molar-refractivity contribution in [3.8, 4) is 6.07 Å². The molecular weight excluding hydrogens is 186 g/mol. The summed E-state index contributed by atoms with van der Waals surface area (Å²) in [7, 11) is 0. The molecule has 0 radical (unpaired) electrons. The van der Waals surface area contributed by atoms with Crippen molar-refractivity contribution in [2.24, 2.45) is 0 Å². The van der Waals surface area contributed by atoms with E-state index in [2.05, 4.69) is 22.4 Å². The molecule has 15 heavy (non-hydrogen) atoms. The second kappa shape index (κ2) is 4.41. The van der Waals surface area contributed by atoms with Gasteiger partial charge in [0.15, 0.2) is 0 Å². The molecule has 78 valence electrons. The number of aromatic nitrogens is 1. The largest absolute Gasteiger partial charge is 0.295 e. The summed E-state index contributed by atoms with van der Waals surface area (Å²) in [6, 6.07) is 4.63. The van der Waals surface area contributed by atoms with Gasteiger partial charge in [0.05, 0.1) is 12.1 Å². The van der Waals surface area contributed by atoms with Gasteiger partial charge in [0.2, 0.25) is 0 Å². The summed E-state index contributed by atoms with van der Waals surface area (Å²) < 4.78 is 0. The Balaban J connectivity index is 2.11. The van der Waals surface area contributed by atoms with Crippen LogP contribution >= 0.6 is 0 Å². The fourth-order valence-electron chi connectivity index (χ4n) is 2.09. The maximum absolute atomic E-state index is 8.91. The van der Waals surface area contributed by atoms with Crippen LogP contribution in [0.4, 0.5) is 0 Å². The van der Waals surface area contributed by atoms with Crippen molar-refractivity contribution in [1.82, 2.24) is 10.3 Å². The van der Waals surface area contributed by atoms with E-state index >= 15 is 0 Å². The molecule has 2 atom stereocenters. The van der Waals surface area contributed by atoms with Crippen molar-refractivity contribution in [2.45, 2.75) is 38.3 Å². The molecule has 0 saturated heterocycles. The minimum absolute atomic E-state index is 0.0406. The van der Waals surface area contributed by atoms with E-state index in [0.29, 0.717) is 6.04 Å². The molecule has 0 bridgehead atoms. The second-order valence-corrected chi connectivity index (χ2v) is 3.92. The molecule has 1 N–H and O–H groups in total. The van der Waals surface area contributed by atoms with Crippen molar-refractivity contribution >= 4 is 0 Å². The van der Waals surface area contributed by atoms with E-state index in [4.69, 9.17) is 5.26 Å². The highest BCUT2D eigenvalue weighted by atomic mass is 15.0. The van der Waals surface area contributed by atoms with Gasteiger partial charge >= 0.3 is 0 Å². The Morgan fingerprint density at radius 2 is 2.60 bits per heavy atom. The Bertz CT molecular complexity index is 381. The van der Waals surface area contributed by atoms with E-state index in [-0.39, 0.29) is 6.04 Å². The van der Waals surface area contributed by atoms with Crippen LogP contribution in [0.25, 0.3) is 0 Å². The van der Waals surface area contributed by atoms with E-state index in [1.54, 1.807) is 0 Å². The van der Waals surface area contributed by atoms with E-state index in [9.17, 15) is 0 Å². The quantitative estimate of drug-likeness (QED) is 0.813. The Kier molecular flexibility index (Phi) is 2.98. The average Bonchev–Trinajstić information content (AvgIpc) is 2.69. The topological polar surface area (TPSA) is 48.7 Å². The standard InChI is InChI=1S/C12H15N3/c1-2-10(7-13)15-12-4-3-9-5-6-14-8-11(9)12/h5-6,8,10,12,15H,2-4H2,1H3. The van der Waals surface area contributed by atoms with Gasteiger partial charge in [-0.15, -0.1) is 0 Å². The Morgan fingerprint density at radius 3 is 3.33 bits per heavy atom. The zero-order valence-corrected chi connectivity index (χ0v) is 8.90. The van der Waals surface area contributed by atoms with Crippen LogP contribution in [0.1, 0.15) is 36.9 Å². The normalized spacial score (nSPS) is 20.7. The van der Waals surface area contributed by atoms with Gasteiger partial charge in [0, 0.05) is 18.4 Å². The fourth-order valence-corrected chi connectivity index (χ4v) is 2.09. The molecule has 3 heteroatoms. The number of pyridine rings is 1. The van der Waals surface area contributed by atoms with Gasteiger partial charge in [-0.1, -0.05) is 6.92 Å². The zero-order chi connectivity index (χ0) is 10.7. The summed E-state index contributed by atoms with van der Waals surface area (Å²) in [4.78, 5) is 4.14. The van der Waals surface area contributed by atoms with E-state index < -0.39 is 0 Å². The van der Waals surface area contributed by atoms with Crippen molar-refractivity contribution in [1.29, 1.82) is 5.26 Å². The molecule has 0 spiro atoms. The maximum atomic E-state index is 8.91. The minimum Gasteiger partial charge on any atom is -0.295 e. The molecular formula is C12H15N3. The smallest absolute Gasteiger partial charge is 0.0955 e. The van der Waals surface area contributed by atoms with Gasteiger partial charge in [-0.25, -0.2) is 0 Å². The molecule has 1 aromatic heterocycles. The summed E-state index contributed by atoms with van der Waals surface area (Å²) >= 11 is 0. The zero-order valence-electron chi connectivity index (χ0n) is 8.90. The minimum atomic E-state index is -0.0406. The number of rotatable bonds is 3. The lowest BCUT2D eigenvalue weighted by atomic mass is 10.1. The van der Waals surface area contributed by atoms with Crippen LogP contribution in [0.15, 0.2) is 18.5 Å². The highest BCUT2D eigenvalue weighted by Crippen LogP contribution is 2.30. The third kappa shape index (κ3) is 2.00. The number of hydrogen-bond donors (Lipinski definition) is 1.